The number of aliphatic hydroxyl groups is 1. The summed E-state index contributed by atoms with van der Waals surface area (Å²) in [4.78, 5) is 11.4. The molecular weight excluding hydrogens is 228 g/mol. The molecule has 0 aromatic rings. The van der Waals surface area contributed by atoms with Crippen LogP contribution in [0.4, 0.5) is 0 Å². The zero-order valence-corrected chi connectivity index (χ0v) is 11.4. The van der Waals surface area contributed by atoms with Crippen LogP contribution in [0.5, 0.6) is 0 Å². The van der Waals surface area contributed by atoms with Gasteiger partial charge < -0.3 is 10.2 Å². The Hall–Kier alpha value is -0.830. The smallest absolute Gasteiger partial charge is 0.331 e. The van der Waals surface area contributed by atoms with Crippen LogP contribution in [0.15, 0.2) is 11.6 Å². The summed E-state index contributed by atoms with van der Waals surface area (Å²) in [6, 6.07) is 0. The number of carbonyl (C=O) groups is 1. The van der Waals surface area contributed by atoms with Crippen molar-refractivity contribution in [2.24, 2.45) is 22.7 Å². The molecule has 2 N–H and O–H groups in total. The molecule has 3 heteroatoms. The van der Waals surface area contributed by atoms with Crippen LogP contribution in [0.2, 0.25) is 0 Å². The molecule has 4 atom stereocenters. The Morgan fingerprint density at radius 3 is 2.61 bits per heavy atom. The van der Waals surface area contributed by atoms with E-state index in [4.69, 9.17) is 0 Å². The van der Waals surface area contributed by atoms with Crippen LogP contribution in [0.25, 0.3) is 0 Å². The minimum absolute atomic E-state index is 0.0526. The van der Waals surface area contributed by atoms with Gasteiger partial charge >= 0.3 is 5.97 Å². The lowest BCUT2D eigenvalue weighted by molar-refractivity contribution is -0.133. The van der Waals surface area contributed by atoms with Gasteiger partial charge in [-0.15, -0.1) is 0 Å². The van der Waals surface area contributed by atoms with Crippen molar-refractivity contribution in [3.63, 3.8) is 0 Å². The van der Waals surface area contributed by atoms with Crippen LogP contribution in [-0.2, 0) is 4.79 Å². The van der Waals surface area contributed by atoms with Crippen molar-refractivity contribution in [2.45, 2.75) is 52.1 Å². The predicted octanol–water partition coefficient (Wildman–Crippen LogP) is 2.59. The summed E-state index contributed by atoms with van der Waals surface area (Å²) in [6.45, 7) is 6.56. The van der Waals surface area contributed by atoms with E-state index in [0.29, 0.717) is 17.9 Å². The van der Waals surface area contributed by atoms with E-state index in [-0.39, 0.29) is 16.7 Å². The number of carboxylic acids is 1. The summed E-state index contributed by atoms with van der Waals surface area (Å²) in [5, 5.41) is 20.4. The average molecular weight is 250 g/mol. The largest absolute Gasteiger partial charge is 0.478 e. The summed E-state index contributed by atoms with van der Waals surface area (Å²) in [6.07, 6.45) is 5.27. The molecule has 1 spiro atoms. The first-order chi connectivity index (χ1) is 8.22. The van der Waals surface area contributed by atoms with Crippen molar-refractivity contribution in [3.05, 3.63) is 11.6 Å². The maximum absolute atomic E-state index is 11.4. The molecule has 2 fully saturated rings. The minimum atomic E-state index is -0.898. The van der Waals surface area contributed by atoms with E-state index in [1.54, 1.807) is 6.08 Å². The number of carboxylic acid groups (broad SMARTS) is 1. The molecule has 3 rings (SSSR count). The molecule has 3 nitrogen and oxygen atoms in total. The summed E-state index contributed by atoms with van der Waals surface area (Å²) < 4.78 is 0. The number of aliphatic carboxylic acids is 1. The normalized spacial score (nSPS) is 48.8. The van der Waals surface area contributed by atoms with Crippen molar-refractivity contribution in [2.75, 3.05) is 0 Å². The average Bonchev–Trinajstić information content (AvgIpc) is 2.70. The Balaban J connectivity index is 2.15. The van der Waals surface area contributed by atoms with Crippen LogP contribution >= 0.6 is 0 Å². The van der Waals surface area contributed by atoms with Crippen LogP contribution in [-0.4, -0.2) is 21.8 Å². The van der Waals surface area contributed by atoms with Gasteiger partial charge in [0.05, 0.1) is 5.60 Å². The Morgan fingerprint density at radius 2 is 2.00 bits per heavy atom. The Labute approximate surface area is 108 Å². The third-order valence-corrected chi connectivity index (χ3v) is 5.73. The van der Waals surface area contributed by atoms with Crippen LogP contribution in [0, 0.1) is 22.7 Å². The lowest BCUT2D eigenvalue weighted by atomic mass is 9.66. The number of rotatable bonds is 1. The van der Waals surface area contributed by atoms with Gasteiger partial charge in [0.1, 0.15) is 0 Å². The summed E-state index contributed by atoms with van der Waals surface area (Å²) in [5.41, 5.74) is -0.543. The molecule has 0 aromatic carbocycles. The molecule has 2 saturated carbocycles. The fraction of sp³-hybridized carbons (Fsp3) is 0.800. The highest BCUT2D eigenvalue weighted by molar-refractivity contribution is 5.89. The van der Waals surface area contributed by atoms with Gasteiger partial charge in [-0.3, -0.25) is 0 Å². The van der Waals surface area contributed by atoms with E-state index in [1.807, 2.05) is 0 Å². The molecule has 0 heterocycles. The zero-order chi connectivity index (χ0) is 13.3. The van der Waals surface area contributed by atoms with E-state index < -0.39 is 11.6 Å². The molecule has 0 amide bonds. The molecule has 3 aliphatic carbocycles. The fourth-order valence-electron chi connectivity index (χ4n) is 5.39. The maximum atomic E-state index is 11.4. The molecule has 0 saturated heterocycles. The van der Waals surface area contributed by atoms with E-state index in [1.165, 1.54) is 0 Å². The lowest BCUT2D eigenvalue weighted by Gasteiger charge is -2.40. The van der Waals surface area contributed by atoms with Crippen molar-refractivity contribution in [3.8, 4) is 0 Å². The number of hydrogen-bond acceptors (Lipinski definition) is 2. The molecule has 0 radical (unpaired) electrons. The second-order valence-electron chi connectivity index (χ2n) is 7.42. The second kappa shape index (κ2) is 3.19. The first-order valence-electron chi connectivity index (χ1n) is 6.90. The molecule has 100 valence electrons. The standard InChI is InChI=1S/C15H22O3/c1-9-4-5-11-10(12(16)17)6-14(18)7-13(2,3)8-15(9,11)14/h6,9,11,18H,4-5,7-8H2,1-3H3,(H,16,17)/t9-,11-,14+,15+/m1/s1. The van der Waals surface area contributed by atoms with E-state index in [0.717, 1.165) is 19.3 Å². The van der Waals surface area contributed by atoms with Gasteiger partial charge in [0.25, 0.3) is 0 Å². The van der Waals surface area contributed by atoms with Crippen LogP contribution in [0.1, 0.15) is 46.5 Å². The Morgan fingerprint density at radius 1 is 1.33 bits per heavy atom. The van der Waals surface area contributed by atoms with Gasteiger partial charge in [-0.1, -0.05) is 20.8 Å². The van der Waals surface area contributed by atoms with Gasteiger partial charge in [-0.2, -0.15) is 0 Å². The van der Waals surface area contributed by atoms with Crippen molar-refractivity contribution >= 4 is 5.97 Å². The van der Waals surface area contributed by atoms with Crippen molar-refractivity contribution < 1.29 is 15.0 Å². The monoisotopic (exact) mass is 250 g/mol. The van der Waals surface area contributed by atoms with E-state index in [9.17, 15) is 15.0 Å². The lowest BCUT2D eigenvalue weighted by Crippen LogP contribution is -2.44. The van der Waals surface area contributed by atoms with Crippen molar-refractivity contribution in [1.29, 1.82) is 0 Å². The quantitative estimate of drug-likeness (QED) is 0.752. The van der Waals surface area contributed by atoms with Gasteiger partial charge in [-0.25, -0.2) is 4.79 Å². The predicted molar refractivity (Wildman–Crippen MR) is 68.0 cm³/mol. The van der Waals surface area contributed by atoms with E-state index >= 15 is 0 Å². The van der Waals surface area contributed by atoms with Gasteiger partial charge in [0.15, 0.2) is 0 Å². The summed E-state index contributed by atoms with van der Waals surface area (Å²) in [5.74, 6) is -0.381. The zero-order valence-electron chi connectivity index (χ0n) is 11.4. The fourth-order valence-corrected chi connectivity index (χ4v) is 5.39. The summed E-state index contributed by atoms with van der Waals surface area (Å²) >= 11 is 0. The summed E-state index contributed by atoms with van der Waals surface area (Å²) in [7, 11) is 0. The van der Waals surface area contributed by atoms with Crippen molar-refractivity contribution in [1.82, 2.24) is 0 Å². The third kappa shape index (κ3) is 1.21. The molecule has 18 heavy (non-hydrogen) atoms. The minimum Gasteiger partial charge on any atom is -0.478 e. The Bertz CT molecular complexity index is 451. The first kappa shape index (κ1) is 12.2. The SMILES string of the molecule is C[C@@H]1CC[C@@H]2C(C(=O)O)=C[C@]3(O)CC(C)(C)C[C@]123. The maximum Gasteiger partial charge on any atom is 0.331 e. The second-order valence-corrected chi connectivity index (χ2v) is 7.42. The highest BCUT2D eigenvalue weighted by Crippen LogP contribution is 2.71. The highest BCUT2D eigenvalue weighted by Gasteiger charge is 2.70. The molecular formula is C15H22O3. The third-order valence-electron chi connectivity index (χ3n) is 5.73. The highest BCUT2D eigenvalue weighted by atomic mass is 16.4. The van der Waals surface area contributed by atoms with Crippen LogP contribution < -0.4 is 0 Å². The van der Waals surface area contributed by atoms with Gasteiger partial charge in [0, 0.05) is 11.0 Å². The Kier molecular flexibility index (Phi) is 2.16. The number of hydrogen-bond donors (Lipinski definition) is 2. The van der Waals surface area contributed by atoms with Crippen LogP contribution in [0.3, 0.4) is 0 Å². The molecule has 0 aromatic heterocycles. The first-order valence-corrected chi connectivity index (χ1v) is 6.90. The molecule has 0 unspecified atom stereocenters. The van der Waals surface area contributed by atoms with Gasteiger partial charge in [-0.05, 0) is 49.0 Å². The van der Waals surface area contributed by atoms with Gasteiger partial charge in [0.2, 0.25) is 0 Å². The van der Waals surface area contributed by atoms with E-state index in [2.05, 4.69) is 20.8 Å². The molecule has 3 aliphatic rings. The molecule has 0 bridgehead atoms. The molecule has 0 aliphatic heterocycles. The topological polar surface area (TPSA) is 57.5 Å².